The van der Waals surface area contributed by atoms with E-state index in [1.165, 1.54) is 23.6 Å². The topological polar surface area (TPSA) is 28.2 Å². The fourth-order valence-electron chi connectivity index (χ4n) is 2.61. The maximum Gasteiger partial charge on any atom is 0.0621 e. The molecule has 0 aromatic carbocycles. The number of halogens is 1. The highest BCUT2D eigenvalue weighted by atomic mass is 35.5. The Morgan fingerprint density at radius 2 is 2.45 bits per heavy atom. The highest BCUT2D eigenvalue weighted by Crippen LogP contribution is 2.22. The standard InChI is InChI=1S/C15H24ClN3S/c1-3-5-18-14(15-11-20-8-7-19(15)2)9-12-4-6-17-10-13(12)16/h4,6,10,14-15,18H,3,5,7-9,11H2,1-2H3. The molecule has 0 radical (unpaired) electrons. The van der Waals surface area contributed by atoms with Crippen LogP contribution in [0.2, 0.25) is 5.02 Å². The molecular formula is C15H24ClN3S. The Balaban J connectivity index is 2.08. The number of likely N-dealkylation sites (N-methyl/N-ethyl adjacent to an activating group) is 1. The molecule has 0 aliphatic carbocycles. The minimum absolute atomic E-state index is 0.452. The van der Waals surface area contributed by atoms with Crippen molar-refractivity contribution in [3.05, 3.63) is 29.0 Å². The van der Waals surface area contributed by atoms with E-state index in [1.54, 1.807) is 6.20 Å². The molecule has 112 valence electrons. The van der Waals surface area contributed by atoms with E-state index in [9.17, 15) is 0 Å². The summed E-state index contributed by atoms with van der Waals surface area (Å²) in [6.07, 6.45) is 5.70. The average Bonchev–Trinajstić information content (AvgIpc) is 2.46. The van der Waals surface area contributed by atoms with Crippen LogP contribution in [0.5, 0.6) is 0 Å². The van der Waals surface area contributed by atoms with Crippen molar-refractivity contribution < 1.29 is 0 Å². The van der Waals surface area contributed by atoms with Gasteiger partial charge in [0.1, 0.15) is 0 Å². The maximum absolute atomic E-state index is 6.27. The van der Waals surface area contributed by atoms with Gasteiger partial charge in [-0.1, -0.05) is 18.5 Å². The van der Waals surface area contributed by atoms with Crippen molar-refractivity contribution in [3.8, 4) is 0 Å². The highest BCUT2D eigenvalue weighted by molar-refractivity contribution is 7.99. The van der Waals surface area contributed by atoms with Crippen LogP contribution in [0, 0.1) is 0 Å². The molecule has 1 aromatic heterocycles. The van der Waals surface area contributed by atoms with Crippen LogP contribution < -0.4 is 5.32 Å². The lowest BCUT2D eigenvalue weighted by Gasteiger charge is -2.38. The molecule has 0 saturated carbocycles. The van der Waals surface area contributed by atoms with E-state index in [-0.39, 0.29) is 0 Å². The minimum atomic E-state index is 0.452. The number of nitrogens with one attached hydrogen (secondary N) is 1. The predicted molar refractivity (Wildman–Crippen MR) is 88.8 cm³/mol. The van der Waals surface area contributed by atoms with E-state index in [1.807, 2.05) is 12.3 Å². The number of nitrogens with zero attached hydrogens (tertiary/aromatic N) is 2. The first-order valence-corrected chi connectivity index (χ1v) is 8.85. The molecule has 2 unspecified atom stereocenters. The van der Waals surface area contributed by atoms with E-state index >= 15 is 0 Å². The lowest BCUT2D eigenvalue weighted by molar-refractivity contribution is 0.213. The summed E-state index contributed by atoms with van der Waals surface area (Å²) in [7, 11) is 2.24. The van der Waals surface area contributed by atoms with E-state index < -0.39 is 0 Å². The van der Waals surface area contributed by atoms with Gasteiger partial charge in [-0.25, -0.2) is 0 Å². The third-order valence-electron chi connectivity index (χ3n) is 3.86. The van der Waals surface area contributed by atoms with E-state index in [0.29, 0.717) is 12.1 Å². The monoisotopic (exact) mass is 313 g/mol. The molecule has 5 heteroatoms. The van der Waals surface area contributed by atoms with Crippen LogP contribution in [0.25, 0.3) is 0 Å². The van der Waals surface area contributed by atoms with Gasteiger partial charge in [-0.3, -0.25) is 4.98 Å². The Kier molecular flexibility index (Phi) is 6.62. The van der Waals surface area contributed by atoms with Gasteiger partial charge in [0, 0.05) is 42.5 Å². The Morgan fingerprint density at radius 1 is 1.60 bits per heavy atom. The first-order chi connectivity index (χ1) is 9.72. The molecule has 20 heavy (non-hydrogen) atoms. The molecule has 0 bridgehead atoms. The van der Waals surface area contributed by atoms with Gasteiger partial charge in [0.05, 0.1) is 5.02 Å². The van der Waals surface area contributed by atoms with Gasteiger partial charge in [-0.05, 0) is 38.1 Å². The van der Waals surface area contributed by atoms with Crippen LogP contribution in [-0.2, 0) is 6.42 Å². The molecule has 1 aliphatic rings. The van der Waals surface area contributed by atoms with Crippen LogP contribution >= 0.6 is 23.4 Å². The molecule has 1 aromatic rings. The van der Waals surface area contributed by atoms with Gasteiger partial charge in [0.15, 0.2) is 0 Å². The average molecular weight is 314 g/mol. The van der Waals surface area contributed by atoms with Gasteiger partial charge in [-0.15, -0.1) is 0 Å². The van der Waals surface area contributed by atoms with E-state index in [2.05, 4.69) is 40.9 Å². The van der Waals surface area contributed by atoms with Crippen molar-refractivity contribution in [3.63, 3.8) is 0 Å². The zero-order valence-electron chi connectivity index (χ0n) is 12.3. The van der Waals surface area contributed by atoms with Crippen molar-refractivity contribution in [2.24, 2.45) is 0 Å². The second-order valence-corrected chi connectivity index (χ2v) is 6.91. The van der Waals surface area contributed by atoms with Gasteiger partial charge >= 0.3 is 0 Å². The number of thioether (sulfide) groups is 1. The van der Waals surface area contributed by atoms with Crippen LogP contribution in [0.15, 0.2) is 18.5 Å². The van der Waals surface area contributed by atoms with Gasteiger partial charge in [-0.2, -0.15) is 11.8 Å². The Morgan fingerprint density at radius 3 is 3.15 bits per heavy atom. The Hall–Kier alpha value is -0.290. The van der Waals surface area contributed by atoms with Gasteiger partial charge < -0.3 is 10.2 Å². The van der Waals surface area contributed by atoms with Crippen molar-refractivity contribution >= 4 is 23.4 Å². The van der Waals surface area contributed by atoms with Gasteiger partial charge in [0.25, 0.3) is 0 Å². The summed E-state index contributed by atoms with van der Waals surface area (Å²) in [6, 6.07) is 3.07. The van der Waals surface area contributed by atoms with Crippen LogP contribution in [-0.4, -0.2) is 53.6 Å². The molecule has 1 aliphatic heterocycles. The van der Waals surface area contributed by atoms with E-state index in [4.69, 9.17) is 11.6 Å². The fraction of sp³-hybridized carbons (Fsp3) is 0.667. The second-order valence-electron chi connectivity index (χ2n) is 5.35. The van der Waals surface area contributed by atoms with Gasteiger partial charge in [0.2, 0.25) is 0 Å². The van der Waals surface area contributed by atoms with Crippen LogP contribution in [0.4, 0.5) is 0 Å². The SMILES string of the molecule is CCCNC(Cc1ccncc1Cl)C1CSCCN1C. The Bertz CT molecular complexity index is 416. The van der Waals surface area contributed by atoms with Crippen LogP contribution in [0.1, 0.15) is 18.9 Å². The minimum Gasteiger partial charge on any atom is -0.312 e. The largest absolute Gasteiger partial charge is 0.312 e. The summed E-state index contributed by atoms with van der Waals surface area (Å²) in [6.45, 7) is 4.44. The van der Waals surface area contributed by atoms with Crippen molar-refractivity contribution in [2.75, 3.05) is 31.6 Å². The molecule has 1 fully saturated rings. The first-order valence-electron chi connectivity index (χ1n) is 7.32. The molecule has 0 spiro atoms. The third-order valence-corrected chi connectivity index (χ3v) is 5.25. The maximum atomic E-state index is 6.27. The lowest BCUT2D eigenvalue weighted by atomic mass is 9.99. The summed E-state index contributed by atoms with van der Waals surface area (Å²) in [5.41, 5.74) is 1.19. The summed E-state index contributed by atoms with van der Waals surface area (Å²) in [4.78, 5) is 6.56. The molecule has 2 heterocycles. The molecule has 1 saturated heterocycles. The van der Waals surface area contributed by atoms with E-state index in [0.717, 1.165) is 24.4 Å². The zero-order chi connectivity index (χ0) is 14.4. The number of pyridine rings is 1. The molecule has 1 N–H and O–H groups in total. The van der Waals surface area contributed by atoms with Crippen molar-refractivity contribution in [2.45, 2.75) is 31.8 Å². The van der Waals surface area contributed by atoms with Crippen LogP contribution in [0.3, 0.4) is 0 Å². The normalized spacial score (nSPS) is 21.9. The molecular weight excluding hydrogens is 290 g/mol. The predicted octanol–water partition coefficient (Wildman–Crippen LogP) is 2.69. The molecule has 2 atom stereocenters. The zero-order valence-corrected chi connectivity index (χ0v) is 13.9. The molecule has 3 nitrogen and oxygen atoms in total. The quantitative estimate of drug-likeness (QED) is 0.874. The van der Waals surface area contributed by atoms with Crippen molar-refractivity contribution in [1.82, 2.24) is 15.2 Å². The summed E-state index contributed by atoms with van der Waals surface area (Å²) in [5.74, 6) is 2.43. The number of hydrogen-bond donors (Lipinski definition) is 1. The molecule has 2 rings (SSSR count). The third kappa shape index (κ3) is 4.35. The first kappa shape index (κ1) is 16.1. The smallest absolute Gasteiger partial charge is 0.0621 e. The summed E-state index contributed by atoms with van der Waals surface area (Å²) in [5, 5.41) is 4.49. The second kappa shape index (κ2) is 8.23. The van der Waals surface area contributed by atoms with Crippen molar-refractivity contribution in [1.29, 1.82) is 0 Å². The summed E-state index contributed by atoms with van der Waals surface area (Å²) < 4.78 is 0. The number of rotatable bonds is 6. The summed E-state index contributed by atoms with van der Waals surface area (Å²) >= 11 is 8.32. The highest BCUT2D eigenvalue weighted by Gasteiger charge is 2.28. The number of hydrogen-bond acceptors (Lipinski definition) is 4. The Labute approximate surface area is 131 Å². The fourth-order valence-corrected chi connectivity index (χ4v) is 4.12. The lowest BCUT2D eigenvalue weighted by Crippen LogP contribution is -2.53. The molecule has 0 amide bonds. The number of aromatic nitrogens is 1.